The maximum atomic E-state index is 13.8. The molecule has 0 spiro atoms. The average molecular weight is 505 g/mol. The van der Waals surface area contributed by atoms with Crippen molar-refractivity contribution >= 4 is 29.4 Å². The van der Waals surface area contributed by atoms with E-state index in [1.54, 1.807) is 4.90 Å². The number of piperidine rings is 1. The third kappa shape index (κ3) is 5.75. The second-order valence-electron chi connectivity index (χ2n) is 13.0. The minimum Gasteiger partial charge on any atom is -0.344 e. The number of urea groups is 1. The van der Waals surface area contributed by atoms with Crippen LogP contribution < -0.4 is 16.0 Å². The highest BCUT2D eigenvalue weighted by molar-refractivity contribution is 6.38. The first kappa shape index (κ1) is 28.1. The van der Waals surface area contributed by atoms with Crippen LogP contribution in [0.15, 0.2) is 0 Å². The van der Waals surface area contributed by atoms with Crippen molar-refractivity contribution < 1.29 is 24.0 Å². The van der Waals surface area contributed by atoms with Gasteiger partial charge in [-0.1, -0.05) is 53.9 Å². The summed E-state index contributed by atoms with van der Waals surface area (Å²) in [5.41, 5.74) is -0.696. The molecular formula is C27H44N4O5. The van der Waals surface area contributed by atoms with Crippen LogP contribution in [-0.4, -0.2) is 65.0 Å². The second kappa shape index (κ2) is 10.1. The van der Waals surface area contributed by atoms with Gasteiger partial charge in [-0.25, -0.2) is 4.79 Å². The van der Waals surface area contributed by atoms with E-state index in [0.717, 1.165) is 19.3 Å². The van der Waals surface area contributed by atoms with Crippen LogP contribution in [0.2, 0.25) is 0 Å². The lowest BCUT2D eigenvalue weighted by Crippen LogP contribution is -2.61. The predicted octanol–water partition coefficient (Wildman–Crippen LogP) is 2.42. The van der Waals surface area contributed by atoms with Crippen molar-refractivity contribution in [3.8, 4) is 0 Å². The Morgan fingerprint density at radius 3 is 2.08 bits per heavy atom. The number of nitrogens with one attached hydrogen (secondary N) is 3. The van der Waals surface area contributed by atoms with Crippen molar-refractivity contribution in [3.05, 3.63) is 0 Å². The Bertz CT molecular complexity index is 918. The molecule has 9 heteroatoms. The fraction of sp³-hybridized carbons (Fsp3) is 0.815. The Labute approximate surface area is 214 Å². The molecule has 4 amide bonds. The molecule has 3 rings (SSSR count). The molecule has 3 aliphatic rings. The Hall–Kier alpha value is -2.45. The maximum Gasteiger partial charge on any atom is 0.315 e. The topological polar surface area (TPSA) is 125 Å². The first-order valence-electron chi connectivity index (χ1n) is 13.3. The molecule has 0 aromatic carbocycles. The first-order chi connectivity index (χ1) is 16.6. The molecule has 0 aromatic rings. The lowest BCUT2D eigenvalue weighted by Gasteiger charge is -2.38. The number of hydrogen-bond acceptors (Lipinski definition) is 5. The molecule has 1 aliphatic heterocycles. The van der Waals surface area contributed by atoms with Crippen molar-refractivity contribution in [1.29, 1.82) is 0 Å². The standard InChI is InChI=1S/C27H44N4O5/c1-14(2)28-25(36)30-22(26(4,5)6)24(35)31-13-17-19(27(17,7)8)20(31)23(34)29-18(21(33)15(3)32)12-16-10-9-11-16/h14,16-20,22H,9-13H2,1-8H3,(H,29,34)(H2,28,30,36)/t17-,18+,19-,20-,22+/m0/s1. The van der Waals surface area contributed by atoms with Gasteiger partial charge in [0.05, 0.1) is 6.04 Å². The minimum absolute atomic E-state index is 0.0386. The third-order valence-corrected chi connectivity index (χ3v) is 8.34. The highest BCUT2D eigenvalue weighted by Gasteiger charge is 2.69. The molecule has 1 heterocycles. The Morgan fingerprint density at radius 1 is 1.00 bits per heavy atom. The zero-order valence-corrected chi connectivity index (χ0v) is 23.1. The normalized spacial score (nSPS) is 26.4. The van der Waals surface area contributed by atoms with E-state index in [2.05, 4.69) is 29.8 Å². The van der Waals surface area contributed by atoms with Gasteiger partial charge in [0.2, 0.25) is 17.6 Å². The van der Waals surface area contributed by atoms with E-state index in [-0.39, 0.29) is 35.1 Å². The molecular weight excluding hydrogens is 460 g/mol. The Balaban J connectivity index is 1.83. The number of carbonyl (C=O) groups excluding carboxylic acids is 5. The number of rotatable bonds is 9. The fourth-order valence-corrected chi connectivity index (χ4v) is 5.86. The molecule has 0 aromatic heterocycles. The summed E-state index contributed by atoms with van der Waals surface area (Å²) in [6.07, 6.45) is 3.51. The van der Waals surface area contributed by atoms with Crippen molar-refractivity contribution in [2.75, 3.05) is 6.54 Å². The van der Waals surface area contributed by atoms with Crippen LogP contribution >= 0.6 is 0 Å². The van der Waals surface area contributed by atoms with Crippen LogP contribution in [0.3, 0.4) is 0 Å². The van der Waals surface area contributed by atoms with Gasteiger partial charge in [0, 0.05) is 19.5 Å². The van der Waals surface area contributed by atoms with E-state index in [1.807, 2.05) is 34.6 Å². The number of nitrogens with zero attached hydrogens (tertiary/aromatic N) is 1. The van der Waals surface area contributed by atoms with Gasteiger partial charge < -0.3 is 20.9 Å². The lowest BCUT2D eigenvalue weighted by molar-refractivity contribution is -0.145. The molecule has 36 heavy (non-hydrogen) atoms. The van der Waals surface area contributed by atoms with Crippen LogP contribution in [0, 0.1) is 28.6 Å². The Kier molecular flexibility index (Phi) is 7.92. The molecule has 3 N–H and O–H groups in total. The summed E-state index contributed by atoms with van der Waals surface area (Å²) in [6, 6.07) is -2.98. The SMILES string of the molecule is CC(=O)C(=O)[C@@H](CC1CCC1)NC(=O)[C@@H]1[C@@H]2[C@H](CN1C(=O)[C@@H](NC(=O)NC(C)C)C(C)(C)C)C2(C)C. The summed E-state index contributed by atoms with van der Waals surface area (Å²) in [7, 11) is 0. The summed E-state index contributed by atoms with van der Waals surface area (Å²) < 4.78 is 0. The number of hydrogen-bond donors (Lipinski definition) is 3. The molecule has 202 valence electrons. The van der Waals surface area contributed by atoms with Crippen molar-refractivity contribution in [3.63, 3.8) is 0 Å². The number of likely N-dealkylation sites (tertiary alicyclic amines) is 1. The highest BCUT2D eigenvalue weighted by atomic mass is 16.2. The van der Waals surface area contributed by atoms with Crippen LogP contribution in [0.5, 0.6) is 0 Å². The van der Waals surface area contributed by atoms with Crippen LogP contribution in [-0.2, 0) is 19.2 Å². The maximum absolute atomic E-state index is 13.8. The van der Waals surface area contributed by atoms with Gasteiger partial charge in [-0.3, -0.25) is 19.2 Å². The highest BCUT2D eigenvalue weighted by Crippen LogP contribution is 2.65. The molecule has 0 bridgehead atoms. The van der Waals surface area contributed by atoms with Gasteiger partial charge in [-0.05, 0) is 48.9 Å². The summed E-state index contributed by atoms with van der Waals surface area (Å²) in [5.74, 6) is -1.41. The monoisotopic (exact) mass is 504 g/mol. The molecule has 5 atom stereocenters. The number of fused-ring (bicyclic) bond motifs is 1. The molecule has 0 unspecified atom stereocenters. The van der Waals surface area contributed by atoms with Crippen molar-refractivity contribution in [2.45, 2.75) is 105 Å². The van der Waals surface area contributed by atoms with E-state index in [1.165, 1.54) is 6.92 Å². The van der Waals surface area contributed by atoms with Gasteiger partial charge in [0.1, 0.15) is 12.1 Å². The van der Waals surface area contributed by atoms with Gasteiger partial charge in [0.15, 0.2) is 5.78 Å². The number of Topliss-reactive ketones (excluding diaryl/α,β-unsaturated/α-hetero) is 2. The second-order valence-corrected chi connectivity index (χ2v) is 13.0. The molecule has 9 nitrogen and oxygen atoms in total. The average Bonchev–Trinajstić information content (AvgIpc) is 3.06. The smallest absolute Gasteiger partial charge is 0.315 e. The quantitative estimate of drug-likeness (QED) is 0.416. The van der Waals surface area contributed by atoms with Crippen molar-refractivity contribution in [2.24, 2.45) is 28.6 Å². The molecule has 2 saturated carbocycles. The van der Waals surface area contributed by atoms with E-state index < -0.39 is 41.1 Å². The van der Waals surface area contributed by atoms with E-state index in [9.17, 15) is 24.0 Å². The Morgan fingerprint density at radius 2 is 1.61 bits per heavy atom. The summed E-state index contributed by atoms with van der Waals surface area (Å²) >= 11 is 0. The summed E-state index contributed by atoms with van der Waals surface area (Å²) in [4.78, 5) is 66.2. The third-order valence-electron chi connectivity index (χ3n) is 8.34. The zero-order valence-electron chi connectivity index (χ0n) is 23.1. The van der Waals surface area contributed by atoms with Gasteiger partial charge in [0.25, 0.3) is 0 Å². The van der Waals surface area contributed by atoms with E-state index in [4.69, 9.17) is 0 Å². The zero-order chi connectivity index (χ0) is 27.2. The van der Waals surface area contributed by atoms with Crippen molar-refractivity contribution in [1.82, 2.24) is 20.9 Å². The largest absolute Gasteiger partial charge is 0.344 e. The molecule has 2 aliphatic carbocycles. The predicted molar refractivity (Wildman–Crippen MR) is 136 cm³/mol. The van der Waals surface area contributed by atoms with Gasteiger partial charge >= 0.3 is 6.03 Å². The fourth-order valence-electron chi connectivity index (χ4n) is 5.86. The molecule has 3 fully saturated rings. The van der Waals surface area contributed by atoms with Gasteiger partial charge in [-0.15, -0.1) is 0 Å². The molecule has 0 radical (unpaired) electrons. The van der Waals surface area contributed by atoms with Crippen LogP contribution in [0.4, 0.5) is 4.79 Å². The molecule has 1 saturated heterocycles. The van der Waals surface area contributed by atoms with E-state index >= 15 is 0 Å². The summed E-state index contributed by atoms with van der Waals surface area (Å²) in [6.45, 7) is 15.1. The van der Waals surface area contributed by atoms with Crippen LogP contribution in [0.1, 0.15) is 81.1 Å². The number of amides is 4. The number of carbonyl (C=O) groups is 5. The number of ketones is 2. The van der Waals surface area contributed by atoms with Crippen LogP contribution in [0.25, 0.3) is 0 Å². The summed E-state index contributed by atoms with van der Waals surface area (Å²) in [5, 5.41) is 8.44. The van der Waals surface area contributed by atoms with Gasteiger partial charge in [-0.2, -0.15) is 0 Å². The van der Waals surface area contributed by atoms with E-state index in [0.29, 0.717) is 18.9 Å². The first-order valence-corrected chi connectivity index (χ1v) is 13.3. The lowest BCUT2D eigenvalue weighted by atomic mass is 9.79. The minimum atomic E-state index is -0.869.